The second-order valence-electron chi connectivity index (χ2n) is 5.13. The summed E-state index contributed by atoms with van der Waals surface area (Å²) in [5.74, 6) is 6.05. The van der Waals surface area contributed by atoms with Crippen LogP contribution in [0.3, 0.4) is 0 Å². The maximum absolute atomic E-state index is 12.7. The van der Waals surface area contributed by atoms with E-state index in [-0.39, 0.29) is 5.91 Å². The average molecular weight is 306 g/mol. The molecule has 0 aliphatic heterocycles. The van der Waals surface area contributed by atoms with Crippen LogP contribution in [-0.2, 0) is 0 Å². The number of aryl methyl sites for hydroxylation is 1. The fraction of sp³-hybridized carbons (Fsp3) is 0.588. The van der Waals surface area contributed by atoms with Crippen molar-refractivity contribution in [2.75, 3.05) is 19.6 Å². The summed E-state index contributed by atoms with van der Waals surface area (Å²) >= 11 is 1.48. The number of nitrogens with zero attached hydrogens (tertiary/aromatic N) is 1. The molecule has 0 spiro atoms. The molecule has 0 radical (unpaired) electrons. The number of carbonyl (C=O) groups is 1. The van der Waals surface area contributed by atoms with Crippen molar-refractivity contribution in [2.24, 2.45) is 5.73 Å². The minimum Gasteiger partial charge on any atom is -0.338 e. The lowest BCUT2D eigenvalue weighted by molar-refractivity contribution is 0.0756. The van der Waals surface area contributed by atoms with Crippen LogP contribution in [0.25, 0.3) is 0 Å². The average Bonchev–Trinajstić information content (AvgIpc) is 2.86. The molecule has 0 saturated carbocycles. The first-order valence-corrected chi connectivity index (χ1v) is 8.54. The summed E-state index contributed by atoms with van der Waals surface area (Å²) in [6.45, 7) is 8.33. The molecule has 0 unspecified atom stereocenters. The molecular formula is C17H26N2OS. The van der Waals surface area contributed by atoms with Gasteiger partial charge in [0.15, 0.2) is 0 Å². The fourth-order valence-corrected chi connectivity index (χ4v) is 3.03. The van der Waals surface area contributed by atoms with Crippen LogP contribution in [0.5, 0.6) is 0 Å². The van der Waals surface area contributed by atoms with Crippen molar-refractivity contribution >= 4 is 17.2 Å². The topological polar surface area (TPSA) is 46.3 Å². The zero-order valence-electron chi connectivity index (χ0n) is 13.4. The minimum atomic E-state index is 0.144. The molecule has 1 aromatic rings. The number of amides is 1. The molecule has 0 aliphatic rings. The number of hydrogen-bond donors (Lipinski definition) is 1. The maximum Gasteiger partial charge on any atom is 0.263 e. The highest BCUT2D eigenvalue weighted by atomic mass is 32.1. The van der Waals surface area contributed by atoms with Crippen LogP contribution < -0.4 is 5.73 Å². The molecule has 0 bridgehead atoms. The van der Waals surface area contributed by atoms with Gasteiger partial charge < -0.3 is 10.6 Å². The van der Waals surface area contributed by atoms with E-state index in [1.807, 2.05) is 17.9 Å². The number of rotatable bonds is 7. The van der Waals surface area contributed by atoms with Crippen molar-refractivity contribution in [3.05, 3.63) is 21.4 Å². The third-order valence-electron chi connectivity index (χ3n) is 3.28. The van der Waals surface area contributed by atoms with Crippen LogP contribution in [0.4, 0.5) is 0 Å². The van der Waals surface area contributed by atoms with Crippen LogP contribution in [0.15, 0.2) is 6.07 Å². The van der Waals surface area contributed by atoms with Crippen LogP contribution in [0, 0.1) is 18.8 Å². The fourth-order valence-electron chi connectivity index (χ4n) is 2.01. The van der Waals surface area contributed by atoms with Gasteiger partial charge in [0.1, 0.15) is 0 Å². The van der Waals surface area contributed by atoms with Crippen LogP contribution in [0.1, 0.15) is 59.6 Å². The van der Waals surface area contributed by atoms with Gasteiger partial charge in [0.25, 0.3) is 5.91 Å². The van der Waals surface area contributed by atoms with Crippen LogP contribution >= 0.6 is 11.3 Å². The zero-order valence-corrected chi connectivity index (χ0v) is 14.2. The molecule has 2 N–H and O–H groups in total. The first-order chi connectivity index (χ1) is 10.1. The standard InChI is InChI=1S/C17H26N2OS/c1-4-6-11-19(12-7-5-2)17(20)16-13-14(3)15(21-16)9-8-10-18/h13H,4-7,10-12,18H2,1-3H3. The van der Waals surface area contributed by atoms with E-state index in [9.17, 15) is 4.79 Å². The molecule has 1 heterocycles. The van der Waals surface area contributed by atoms with Gasteiger partial charge in [-0.2, -0.15) is 0 Å². The van der Waals surface area contributed by atoms with E-state index in [1.165, 1.54) is 11.3 Å². The second kappa shape index (κ2) is 9.59. The highest BCUT2D eigenvalue weighted by Gasteiger charge is 2.18. The Morgan fingerprint density at radius 1 is 1.29 bits per heavy atom. The van der Waals surface area contributed by atoms with Gasteiger partial charge in [0, 0.05) is 13.1 Å². The van der Waals surface area contributed by atoms with E-state index in [0.29, 0.717) is 6.54 Å². The van der Waals surface area contributed by atoms with Crippen molar-refractivity contribution < 1.29 is 4.79 Å². The summed E-state index contributed by atoms with van der Waals surface area (Å²) in [5, 5.41) is 0. The van der Waals surface area contributed by atoms with E-state index in [2.05, 4.69) is 25.7 Å². The number of unbranched alkanes of at least 4 members (excludes halogenated alkanes) is 2. The van der Waals surface area contributed by atoms with Crippen molar-refractivity contribution in [2.45, 2.75) is 46.5 Å². The Balaban J connectivity index is 2.86. The van der Waals surface area contributed by atoms with E-state index >= 15 is 0 Å². The first-order valence-electron chi connectivity index (χ1n) is 7.72. The molecule has 0 atom stereocenters. The monoisotopic (exact) mass is 306 g/mol. The molecule has 21 heavy (non-hydrogen) atoms. The Morgan fingerprint density at radius 2 is 1.90 bits per heavy atom. The van der Waals surface area contributed by atoms with E-state index in [4.69, 9.17) is 5.73 Å². The Labute approximate surface area is 132 Å². The summed E-state index contributed by atoms with van der Waals surface area (Å²) in [6, 6.07) is 1.96. The molecular weight excluding hydrogens is 280 g/mol. The van der Waals surface area contributed by atoms with Gasteiger partial charge in [-0.15, -0.1) is 11.3 Å². The smallest absolute Gasteiger partial charge is 0.263 e. The summed E-state index contributed by atoms with van der Waals surface area (Å²) in [5.41, 5.74) is 6.47. The molecule has 1 rings (SSSR count). The van der Waals surface area contributed by atoms with Crippen molar-refractivity contribution in [3.8, 4) is 11.8 Å². The number of hydrogen-bond acceptors (Lipinski definition) is 3. The lowest BCUT2D eigenvalue weighted by Crippen LogP contribution is -2.32. The van der Waals surface area contributed by atoms with Crippen LogP contribution in [-0.4, -0.2) is 30.4 Å². The lowest BCUT2D eigenvalue weighted by atomic mass is 10.2. The van der Waals surface area contributed by atoms with Gasteiger partial charge in [0.05, 0.1) is 16.3 Å². The largest absolute Gasteiger partial charge is 0.338 e. The molecule has 1 amide bonds. The summed E-state index contributed by atoms with van der Waals surface area (Å²) in [6.07, 6.45) is 4.32. The number of carbonyl (C=O) groups excluding carboxylic acids is 1. The van der Waals surface area contributed by atoms with Gasteiger partial charge in [-0.05, 0) is 31.4 Å². The SMILES string of the molecule is CCCCN(CCCC)C(=O)c1cc(C)c(C#CCN)s1. The lowest BCUT2D eigenvalue weighted by Gasteiger charge is -2.21. The van der Waals surface area contributed by atoms with E-state index in [1.54, 1.807) is 0 Å². The predicted octanol–water partition coefficient (Wildman–Crippen LogP) is 3.41. The molecule has 116 valence electrons. The zero-order chi connectivity index (χ0) is 15.7. The molecule has 1 aromatic heterocycles. The van der Waals surface area contributed by atoms with Crippen molar-refractivity contribution in [1.82, 2.24) is 4.90 Å². The maximum atomic E-state index is 12.7. The summed E-state index contributed by atoms with van der Waals surface area (Å²) in [4.78, 5) is 16.4. The Kier molecular flexibility index (Phi) is 8.11. The third kappa shape index (κ3) is 5.53. The molecule has 4 heteroatoms. The Hall–Kier alpha value is -1.31. The Bertz CT molecular complexity index is 503. The molecule has 0 fully saturated rings. The number of nitrogens with two attached hydrogens (primary N) is 1. The highest BCUT2D eigenvalue weighted by Crippen LogP contribution is 2.22. The van der Waals surface area contributed by atoms with Crippen LogP contribution in [0.2, 0.25) is 0 Å². The van der Waals surface area contributed by atoms with E-state index in [0.717, 1.165) is 54.1 Å². The molecule has 0 aliphatic carbocycles. The molecule has 0 aromatic carbocycles. The minimum absolute atomic E-state index is 0.144. The highest BCUT2D eigenvalue weighted by molar-refractivity contribution is 7.14. The molecule has 0 saturated heterocycles. The van der Waals surface area contributed by atoms with Gasteiger partial charge in [-0.25, -0.2) is 0 Å². The van der Waals surface area contributed by atoms with Crippen molar-refractivity contribution in [3.63, 3.8) is 0 Å². The first kappa shape index (κ1) is 17.7. The quantitative estimate of drug-likeness (QED) is 0.785. The van der Waals surface area contributed by atoms with Gasteiger partial charge in [0.2, 0.25) is 0 Å². The second-order valence-corrected chi connectivity index (χ2v) is 6.18. The third-order valence-corrected chi connectivity index (χ3v) is 4.42. The van der Waals surface area contributed by atoms with E-state index < -0.39 is 0 Å². The number of thiophene rings is 1. The summed E-state index contributed by atoms with van der Waals surface area (Å²) < 4.78 is 0. The predicted molar refractivity (Wildman–Crippen MR) is 90.7 cm³/mol. The van der Waals surface area contributed by atoms with Gasteiger partial charge >= 0.3 is 0 Å². The summed E-state index contributed by atoms with van der Waals surface area (Å²) in [7, 11) is 0. The molecule has 3 nitrogen and oxygen atoms in total. The van der Waals surface area contributed by atoms with Gasteiger partial charge in [-0.1, -0.05) is 38.5 Å². The van der Waals surface area contributed by atoms with Crippen molar-refractivity contribution in [1.29, 1.82) is 0 Å². The Morgan fingerprint density at radius 3 is 2.43 bits per heavy atom. The normalized spacial score (nSPS) is 10.1. The van der Waals surface area contributed by atoms with Gasteiger partial charge in [-0.3, -0.25) is 4.79 Å².